The maximum Gasteiger partial charge on any atom is 0.247 e. The minimum absolute atomic E-state index is 0.607. The van der Waals surface area contributed by atoms with Gasteiger partial charge in [-0.05, 0) is 12.6 Å². The van der Waals surface area contributed by atoms with Gasteiger partial charge in [-0.3, -0.25) is 0 Å². The average Bonchev–Trinajstić information content (AvgIpc) is 1.30. The van der Waals surface area contributed by atoms with Crippen LogP contribution in [0, 0.1) is 0 Å². The topological polar surface area (TPSA) is 0 Å². The van der Waals surface area contributed by atoms with Gasteiger partial charge in [-0.1, -0.05) is 6.32 Å². The zero-order valence-corrected chi connectivity index (χ0v) is 6.76. The van der Waals surface area contributed by atoms with Crippen molar-refractivity contribution in [1.29, 1.82) is 0 Å². The maximum atomic E-state index is 5.66. The number of hydrogen-bond donors (Lipinski definition) is 0. The second kappa shape index (κ2) is 3.00. The summed E-state index contributed by atoms with van der Waals surface area (Å²) < 4.78 is 0. The molecule has 0 saturated heterocycles. The molecule has 0 saturated carbocycles. The van der Waals surface area contributed by atoms with E-state index in [4.69, 9.17) is 30.0 Å². The van der Waals surface area contributed by atoms with E-state index < -0.39 is 6.69 Å². The standard InChI is InChI=1S/C3H7BCl2Si/c1-7(5,6)3-2-4/h2-3H2,1H3. The molecular weight excluding hydrogens is 146 g/mol. The molecule has 40 valence electrons. The maximum absolute atomic E-state index is 5.66. The molecule has 0 amide bonds. The lowest BCUT2D eigenvalue weighted by molar-refractivity contribution is 1.42. The van der Waals surface area contributed by atoms with E-state index in [1.165, 1.54) is 0 Å². The van der Waals surface area contributed by atoms with Gasteiger partial charge >= 0.3 is 0 Å². The molecule has 0 aliphatic carbocycles. The fourth-order valence-corrected chi connectivity index (χ4v) is 1.41. The summed E-state index contributed by atoms with van der Waals surface area (Å²) in [5, 5.41) is 0. The summed E-state index contributed by atoms with van der Waals surface area (Å²) >= 11 is 11.3. The zero-order chi connectivity index (χ0) is 5.91. The molecular formula is C3H7BCl2Si. The van der Waals surface area contributed by atoms with E-state index in [1.807, 2.05) is 6.55 Å². The molecule has 0 rings (SSSR count). The largest absolute Gasteiger partial charge is 0.247 e. The lowest BCUT2D eigenvalue weighted by Gasteiger charge is -2.05. The van der Waals surface area contributed by atoms with Crippen molar-refractivity contribution in [2.75, 3.05) is 0 Å². The van der Waals surface area contributed by atoms with Crippen molar-refractivity contribution in [1.82, 2.24) is 0 Å². The second-order valence-corrected chi connectivity index (χ2v) is 9.83. The Bertz CT molecular complexity index is 51.4. The fraction of sp³-hybridized carbons (Fsp3) is 1.00. The Labute approximate surface area is 56.0 Å². The molecule has 7 heavy (non-hydrogen) atoms. The summed E-state index contributed by atoms with van der Waals surface area (Å²) in [5.41, 5.74) is 0. The molecule has 4 heteroatoms. The van der Waals surface area contributed by atoms with Gasteiger partial charge in [-0.15, -0.1) is 22.2 Å². The van der Waals surface area contributed by atoms with Gasteiger partial charge in [0, 0.05) is 0 Å². The molecule has 0 nitrogen and oxygen atoms in total. The summed E-state index contributed by atoms with van der Waals surface area (Å²) in [5.74, 6) is 0. The highest BCUT2D eigenvalue weighted by Crippen LogP contribution is 2.20. The highest BCUT2D eigenvalue weighted by Gasteiger charge is 2.17. The average molecular weight is 153 g/mol. The van der Waals surface area contributed by atoms with Crippen LogP contribution in [-0.2, 0) is 0 Å². The first-order valence-corrected chi connectivity index (χ1v) is 6.87. The molecule has 0 fully saturated rings. The van der Waals surface area contributed by atoms with Gasteiger partial charge in [0.25, 0.3) is 0 Å². The first kappa shape index (κ1) is 7.86. The third kappa shape index (κ3) is 6.86. The molecule has 0 aromatic heterocycles. The highest BCUT2D eigenvalue weighted by molar-refractivity contribution is 7.44. The van der Waals surface area contributed by atoms with Crippen molar-refractivity contribution < 1.29 is 0 Å². The third-order valence-corrected chi connectivity index (χ3v) is 2.88. The van der Waals surface area contributed by atoms with Gasteiger partial charge < -0.3 is 0 Å². The van der Waals surface area contributed by atoms with Gasteiger partial charge in [0.2, 0.25) is 6.69 Å². The molecule has 0 heterocycles. The van der Waals surface area contributed by atoms with E-state index in [9.17, 15) is 0 Å². The molecule has 0 aliphatic heterocycles. The third-order valence-electron chi connectivity index (χ3n) is 0.583. The van der Waals surface area contributed by atoms with Gasteiger partial charge in [-0.25, -0.2) is 0 Å². The Hall–Kier alpha value is 0.862. The predicted octanol–water partition coefficient (Wildman–Crippen LogP) is 2.12. The van der Waals surface area contributed by atoms with Gasteiger partial charge in [-0.2, -0.15) is 0 Å². The lowest BCUT2D eigenvalue weighted by Crippen LogP contribution is -2.10. The van der Waals surface area contributed by atoms with E-state index in [2.05, 4.69) is 0 Å². The van der Waals surface area contributed by atoms with Crippen molar-refractivity contribution in [3.05, 3.63) is 0 Å². The van der Waals surface area contributed by atoms with Gasteiger partial charge in [0.1, 0.15) is 0 Å². The summed E-state index contributed by atoms with van der Waals surface area (Å²) in [4.78, 5) is 0. The molecule has 2 radical (unpaired) electrons. The van der Waals surface area contributed by atoms with Crippen LogP contribution < -0.4 is 0 Å². The first-order valence-electron chi connectivity index (χ1n) is 2.14. The van der Waals surface area contributed by atoms with Crippen LogP contribution >= 0.6 is 22.2 Å². The summed E-state index contributed by atoms with van der Waals surface area (Å²) in [6.07, 6.45) is 0.607. The van der Waals surface area contributed by atoms with E-state index in [0.29, 0.717) is 6.32 Å². The zero-order valence-electron chi connectivity index (χ0n) is 4.25. The summed E-state index contributed by atoms with van der Waals surface area (Å²) in [6, 6.07) is 0.788. The van der Waals surface area contributed by atoms with Crippen LogP contribution in [0.5, 0.6) is 0 Å². The Morgan fingerprint density at radius 3 is 2.00 bits per heavy atom. The molecule has 0 bridgehead atoms. The minimum atomic E-state index is -1.84. The normalized spacial score (nSPS) is 11.9. The monoisotopic (exact) mass is 152 g/mol. The van der Waals surface area contributed by atoms with Crippen molar-refractivity contribution in [3.8, 4) is 0 Å². The number of halogens is 2. The van der Waals surface area contributed by atoms with Crippen LogP contribution in [0.15, 0.2) is 0 Å². The van der Waals surface area contributed by atoms with E-state index in [0.717, 1.165) is 6.04 Å². The molecule has 0 atom stereocenters. The second-order valence-electron chi connectivity index (χ2n) is 1.61. The fourth-order valence-electron chi connectivity index (χ4n) is 0.253. The molecule has 0 spiro atoms. The Kier molecular flexibility index (Phi) is 3.37. The Balaban J connectivity index is 3.15. The molecule has 0 aromatic rings. The summed E-state index contributed by atoms with van der Waals surface area (Å²) in [7, 11) is 5.18. The Morgan fingerprint density at radius 1 is 1.57 bits per heavy atom. The minimum Gasteiger partial charge on any atom is -0.146 e. The molecule has 0 aromatic carbocycles. The van der Waals surface area contributed by atoms with Gasteiger partial charge in [0.15, 0.2) is 0 Å². The van der Waals surface area contributed by atoms with E-state index in [1.54, 1.807) is 0 Å². The molecule has 0 aliphatic rings. The van der Waals surface area contributed by atoms with Crippen LogP contribution in [-0.4, -0.2) is 14.5 Å². The van der Waals surface area contributed by atoms with E-state index >= 15 is 0 Å². The quantitative estimate of drug-likeness (QED) is 0.420. The predicted molar refractivity (Wildman–Crippen MR) is 38.7 cm³/mol. The lowest BCUT2D eigenvalue weighted by atomic mass is 10.1. The van der Waals surface area contributed by atoms with E-state index in [-0.39, 0.29) is 0 Å². The molecule has 0 N–H and O–H groups in total. The number of rotatable bonds is 2. The Morgan fingerprint density at radius 2 is 2.00 bits per heavy atom. The number of hydrogen-bond acceptors (Lipinski definition) is 0. The highest BCUT2D eigenvalue weighted by atomic mass is 35.7. The van der Waals surface area contributed by atoms with Crippen molar-refractivity contribution in [2.24, 2.45) is 0 Å². The van der Waals surface area contributed by atoms with Crippen LogP contribution in [0.4, 0.5) is 0 Å². The first-order chi connectivity index (χ1) is 3.06. The van der Waals surface area contributed by atoms with Crippen LogP contribution in [0.2, 0.25) is 18.9 Å². The van der Waals surface area contributed by atoms with Crippen LogP contribution in [0.25, 0.3) is 0 Å². The van der Waals surface area contributed by atoms with Crippen molar-refractivity contribution >= 4 is 36.7 Å². The van der Waals surface area contributed by atoms with Crippen LogP contribution in [0.1, 0.15) is 0 Å². The summed E-state index contributed by atoms with van der Waals surface area (Å²) in [6.45, 7) is 0.0263. The van der Waals surface area contributed by atoms with Crippen molar-refractivity contribution in [2.45, 2.75) is 18.9 Å². The van der Waals surface area contributed by atoms with Crippen molar-refractivity contribution in [3.63, 3.8) is 0 Å². The smallest absolute Gasteiger partial charge is 0.146 e. The SMILES string of the molecule is [B]CC[Si](C)(Cl)Cl. The van der Waals surface area contributed by atoms with Gasteiger partial charge in [0.05, 0.1) is 7.85 Å². The van der Waals surface area contributed by atoms with Crippen LogP contribution in [0.3, 0.4) is 0 Å². The molecule has 0 unspecified atom stereocenters.